The summed E-state index contributed by atoms with van der Waals surface area (Å²) in [4.78, 5) is 0. The third kappa shape index (κ3) is 11.8. The van der Waals surface area contributed by atoms with Gasteiger partial charge in [-0.15, -0.1) is 0 Å². The third-order valence-corrected chi connectivity index (χ3v) is 1.67. The molecule has 0 aliphatic carbocycles. The Hall–Kier alpha value is -0.160. The molecule has 0 saturated heterocycles. The molecule has 0 heterocycles. The molecule has 0 amide bonds. The van der Waals surface area contributed by atoms with Crippen LogP contribution in [0, 0.1) is 0 Å². The monoisotopic (exact) mass is 206 g/mol. The topological polar surface area (TPSA) is 55.3 Å². The summed E-state index contributed by atoms with van der Waals surface area (Å²) in [5.74, 6) is 0. The lowest BCUT2D eigenvalue weighted by Gasteiger charge is -2.05. The van der Waals surface area contributed by atoms with Crippen molar-refractivity contribution in [3.8, 4) is 0 Å². The van der Waals surface area contributed by atoms with E-state index in [1.54, 1.807) is 0 Å². The van der Waals surface area contributed by atoms with E-state index < -0.39 is 0 Å². The van der Waals surface area contributed by atoms with Crippen molar-refractivity contribution in [1.29, 1.82) is 0 Å². The molecule has 0 saturated carbocycles. The van der Waals surface area contributed by atoms with Crippen LogP contribution in [-0.4, -0.2) is 46.2 Å². The van der Waals surface area contributed by atoms with Gasteiger partial charge < -0.3 is 19.9 Å². The fourth-order valence-corrected chi connectivity index (χ4v) is 0.890. The highest BCUT2D eigenvalue weighted by atomic mass is 16.5. The average Bonchev–Trinajstić information content (AvgIpc) is 2.21. The number of hydrogen-bond acceptors (Lipinski definition) is 3. The molecule has 0 bridgehead atoms. The summed E-state index contributed by atoms with van der Waals surface area (Å²) in [5.41, 5.74) is 3.68. The number of unbranched alkanes of at least 4 members (excludes halogenated alkanes) is 1. The average molecular weight is 206 g/mol. The molecule has 0 aromatic rings. The van der Waals surface area contributed by atoms with E-state index in [-0.39, 0.29) is 0 Å². The van der Waals surface area contributed by atoms with Crippen molar-refractivity contribution in [2.75, 3.05) is 46.2 Å². The predicted octanol–water partition coefficient (Wildman–Crippen LogP) is 0.0782. The molecule has 0 aromatic heterocycles. The first kappa shape index (κ1) is 13.8. The molecule has 4 nitrogen and oxygen atoms in total. The third-order valence-electron chi connectivity index (χ3n) is 1.67. The second-order valence-corrected chi connectivity index (χ2v) is 3.04. The summed E-state index contributed by atoms with van der Waals surface area (Å²) >= 11 is 0. The van der Waals surface area contributed by atoms with E-state index in [2.05, 4.69) is 12.7 Å². The summed E-state index contributed by atoms with van der Waals surface area (Å²) in [6.45, 7) is 7.20. The van der Waals surface area contributed by atoms with Crippen LogP contribution in [0.1, 0.15) is 19.8 Å². The lowest BCUT2D eigenvalue weighted by Crippen LogP contribution is -2.52. The molecule has 0 spiro atoms. The Bertz CT molecular complexity index is 89.4. The smallest absolute Gasteiger partial charge is 0.0977 e. The van der Waals surface area contributed by atoms with Crippen LogP contribution in [0.5, 0.6) is 0 Å². The Morgan fingerprint density at radius 2 is 1.29 bits per heavy atom. The van der Waals surface area contributed by atoms with E-state index in [1.165, 1.54) is 6.42 Å². The van der Waals surface area contributed by atoms with E-state index in [0.717, 1.165) is 26.2 Å². The molecule has 0 atom stereocenters. The van der Waals surface area contributed by atoms with Crippen LogP contribution >= 0.6 is 0 Å². The molecule has 0 unspecified atom stereocenters. The second-order valence-electron chi connectivity index (χ2n) is 3.04. The molecule has 0 rings (SSSR count). The van der Waals surface area contributed by atoms with E-state index >= 15 is 0 Å². The first-order valence-electron chi connectivity index (χ1n) is 5.44. The zero-order valence-corrected chi connectivity index (χ0v) is 9.30. The van der Waals surface area contributed by atoms with Gasteiger partial charge in [-0.1, -0.05) is 13.3 Å². The Morgan fingerprint density at radius 1 is 0.786 bits per heavy atom. The highest BCUT2D eigenvalue weighted by molar-refractivity contribution is 4.34. The van der Waals surface area contributed by atoms with Gasteiger partial charge in [-0.05, 0) is 6.42 Å². The Labute approximate surface area is 86.7 Å². The Morgan fingerprint density at radius 3 is 1.79 bits per heavy atom. The quantitative estimate of drug-likeness (QED) is 0.487. The summed E-state index contributed by atoms with van der Waals surface area (Å²) in [5, 5.41) is 0. The van der Waals surface area contributed by atoms with E-state index in [9.17, 15) is 0 Å². The normalized spacial score (nSPS) is 10.7. The molecule has 0 aromatic carbocycles. The van der Waals surface area contributed by atoms with Crippen molar-refractivity contribution in [2.45, 2.75) is 19.8 Å². The number of rotatable bonds is 11. The van der Waals surface area contributed by atoms with Gasteiger partial charge in [0.05, 0.1) is 39.6 Å². The fourth-order valence-electron chi connectivity index (χ4n) is 0.890. The van der Waals surface area contributed by atoms with Crippen molar-refractivity contribution >= 4 is 0 Å². The van der Waals surface area contributed by atoms with E-state index in [1.807, 2.05) is 0 Å². The minimum absolute atomic E-state index is 0.650. The lowest BCUT2D eigenvalue weighted by molar-refractivity contribution is -0.374. The van der Waals surface area contributed by atoms with Gasteiger partial charge in [0.25, 0.3) is 0 Å². The maximum atomic E-state index is 5.33. The molecule has 0 radical (unpaired) electrons. The summed E-state index contributed by atoms with van der Waals surface area (Å²) in [7, 11) is 0. The molecule has 86 valence electrons. The van der Waals surface area contributed by atoms with Crippen molar-refractivity contribution in [3.05, 3.63) is 0 Å². The largest absolute Gasteiger partial charge is 0.379 e. The van der Waals surface area contributed by atoms with Crippen LogP contribution in [0.2, 0.25) is 0 Å². The maximum Gasteiger partial charge on any atom is 0.0977 e. The lowest BCUT2D eigenvalue weighted by atomic mass is 10.4. The van der Waals surface area contributed by atoms with Crippen LogP contribution in [0.15, 0.2) is 0 Å². The van der Waals surface area contributed by atoms with Gasteiger partial charge >= 0.3 is 0 Å². The fraction of sp³-hybridized carbons (Fsp3) is 1.00. The molecule has 4 heteroatoms. The molecule has 14 heavy (non-hydrogen) atoms. The molecule has 0 aliphatic rings. The highest BCUT2D eigenvalue weighted by Crippen LogP contribution is 1.87. The molecule has 3 N–H and O–H groups in total. The van der Waals surface area contributed by atoms with E-state index in [0.29, 0.717) is 26.4 Å². The summed E-state index contributed by atoms with van der Waals surface area (Å²) in [6.07, 6.45) is 2.31. The zero-order valence-electron chi connectivity index (χ0n) is 9.30. The standard InChI is InChI=1S/C10H23NO3/c1-2-3-5-12-7-9-14-10-8-13-6-4-11/h2-11H2,1H3/p+1. The predicted molar refractivity (Wildman–Crippen MR) is 55.1 cm³/mol. The van der Waals surface area contributed by atoms with Crippen LogP contribution in [0.25, 0.3) is 0 Å². The van der Waals surface area contributed by atoms with Crippen molar-refractivity contribution in [1.82, 2.24) is 0 Å². The number of ether oxygens (including phenoxy) is 3. The maximum absolute atomic E-state index is 5.33. The zero-order chi connectivity index (χ0) is 10.5. The molecular weight excluding hydrogens is 182 g/mol. The van der Waals surface area contributed by atoms with Crippen molar-refractivity contribution in [2.24, 2.45) is 0 Å². The minimum Gasteiger partial charge on any atom is -0.379 e. The van der Waals surface area contributed by atoms with Crippen LogP contribution < -0.4 is 5.73 Å². The van der Waals surface area contributed by atoms with Crippen LogP contribution in [-0.2, 0) is 14.2 Å². The minimum atomic E-state index is 0.650. The van der Waals surface area contributed by atoms with Crippen LogP contribution in [0.4, 0.5) is 0 Å². The van der Waals surface area contributed by atoms with E-state index in [4.69, 9.17) is 14.2 Å². The highest BCUT2D eigenvalue weighted by Gasteiger charge is 1.90. The van der Waals surface area contributed by atoms with Gasteiger partial charge in [-0.25, -0.2) is 0 Å². The van der Waals surface area contributed by atoms with Crippen molar-refractivity contribution in [3.63, 3.8) is 0 Å². The van der Waals surface area contributed by atoms with Crippen LogP contribution in [0.3, 0.4) is 0 Å². The molecular formula is C10H24NO3+. The SMILES string of the molecule is CCCCOCCOCCOCC[NH3+]. The molecule has 0 fully saturated rings. The van der Waals surface area contributed by atoms with Gasteiger partial charge in [-0.3, -0.25) is 0 Å². The first-order valence-corrected chi connectivity index (χ1v) is 5.44. The van der Waals surface area contributed by atoms with Crippen molar-refractivity contribution < 1.29 is 19.9 Å². The first-order chi connectivity index (χ1) is 6.91. The summed E-state index contributed by atoms with van der Waals surface area (Å²) in [6, 6.07) is 0. The Balaban J connectivity index is 2.78. The van der Waals surface area contributed by atoms with Gasteiger partial charge in [0.15, 0.2) is 0 Å². The molecule has 0 aliphatic heterocycles. The second kappa shape index (κ2) is 12.8. The van der Waals surface area contributed by atoms with Gasteiger partial charge in [-0.2, -0.15) is 0 Å². The number of hydrogen-bond donors (Lipinski definition) is 1. The Kier molecular flexibility index (Phi) is 12.7. The van der Waals surface area contributed by atoms with Gasteiger partial charge in [0.2, 0.25) is 0 Å². The number of quaternary nitrogens is 1. The summed E-state index contributed by atoms with van der Waals surface area (Å²) < 4.78 is 15.8. The van der Waals surface area contributed by atoms with Gasteiger partial charge in [0, 0.05) is 6.61 Å². The van der Waals surface area contributed by atoms with Gasteiger partial charge in [0.1, 0.15) is 0 Å².